The number of aliphatic hydroxyl groups is 1. The number of rotatable bonds is 6. The normalized spacial score (nSPS) is 14.6. The molecule has 2 atom stereocenters. The lowest BCUT2D eigenvalue weighted by molar-refractivity contribution is -0.164. The topological polar surface area (TPSA) is 112 Å². The maximum absolute atomic E-state index is 12.3. The van der Waals surface area contributed by atoms with Crippen molar-refractivity contribution in [2.24, 2.45) is 5.11 Å². The fourth-order valence-corrected chi connectivity index (χ4v) is 1.62. The molecule has 0 fully saturated rings. The number of carbonyl (C=O) groups is 2. The number of Topliss-reactive ketones (excluding diaryl/α,β-unsaturated/α-hetero) is 1. The van der Waals surface area contributed by atoms with Gasteiger partial charge in [-0.05, 0) is 19.4 Å². The Labute approximate surface area is 115 Å². The third-order valence-electron chi connectivity index (χ3n) is 2.69. The summed E-state index contributed by atoms with van der Waals surface area (Å²) in [6.07, 6.45) is 0. The van der Waals surface area contributed by atoms with Crippen LogP contribution in [-0.4, -0.2) is 35.1 Å². The molecule has 1 aromatic rings. The third kappa shape index (κ3) is 3.34. The van der Waals surface area contributed by atoms with Crippen LogP contribution in [0.3, 0.4) is 0 Å². The van der Waals surface area contributed by atoms with E-state index in [1.54, 1.807) is 25.1 Å². The van der Waals surface area contributed by atoms with Crippen molar-refractivity contribution in [3.8, 4) is 0 Å². The lowest BCUT2D eigenvalue weighted by Crippen LogP contribution is -2.50. The average molecular weight is 277 g/mol. The second-order valence-corrected chi connectivity index (χ2v) is 4.21. The van der Waals surface area contributed by atoms with E-state index in [4.69, 9.17) is 10.3 Å². The third-order valence-corrected chi connectivity index (χ3v) is 2.69. The highest BCUT2D eigenvalue weighted by Crippen LogP contribution is 2.20. The van der Waals surface area contributed by atoms with Crippen LogP contribution < -0.4 is 0 Å². The van der Waals surface area contributed by atoms with Crippen molar-refractivity contribution >= 4 is 11.8 Å². The van der Waals surface area contributed by atoms with Crippen molar-refractivity contribution in [3.05, 3.63) is 46.3 Å². The molecule has 0 spiro atoms. The van der Waals surface area contributed by atoms with Gasteiger partial charge in [-0.15, -0.1) is 0 Å². The molecule has 1 N–H and O–H groups in total. The summed E-state index contributed by atoms with van der Waals surface area (Å²) < 4.78 is 4.70. The van der Waals surface area contributed by atoms with Crippen molar-refractivity contribution in [1.29, 1.82) is 0 Å². The average Bonchev–Trinajstić information content (AvgIpc) is 2.45. The van der Waals surface area contributed by atoms with Crippen LogP contribution >= 0.6 is 0 Å². The first-order valence-corrected chi connectivity index (χ1v) is 5.98. The SMILES string of the molecule is CCOC(=O)[C@](C)(O)[C@@H](N=[N+]=[N-])C(=O)c1ccccc1. The monoisotopic (exact) mass is 277 g/mol. The minimum atomic E-state index is -2.23. The molecular formula is C13H15N3O4. The van der Waals surface area contributed by atoms with Gasteiger partial charge in [0.1, 0.15) is 6.04 Å². The van der Waals surface area contributed by atoms with Crippen LogP contribution in [0.25, 0.3) is 10.4 Å². The van der Waals surface area contributed by atoms with Gasteiger partial charge in [-0.25, -0.2) is 4.79 Å². The summed E-state index contributed by atoms with van der Waals surface area (Å²) in [6.45, 7) is 2.69. The summed E-state index contributed by atoms with van der Waals surface area (Å²) >= 11 is 0. The highest BCUT2D eigenvalue weighted by molar-refractivity contribution is 6.04. The Morgan fingerprint density at radius 1 is 1.45 bits per heavy atom. The van der Waals surface area contributed by atoms with E-state index < -0.39 is 23.4 Å². The van der Waals surface area contributed by atoms with Crippen molar-refractivity contribution in [2.75, 3.05) is 6.61 Å². The second-order valence-electron chi connectivity index (χ2n) is 4.21. The molecule has 0 aromatic heterocycles. The second kappa shape index (κ2) is 6.70. The van der Waals surface area contributed by atoms with Gasteiger partial charge in [0.25, 0.3) is 0 Å². The summed E-state index contributed by atoms with van der Waals surface area (Å²) in [5, 5.41) is 13.4. The number of azide groups is 1. The lowest BCUT2D eigenvalue weighted by atomic mass is 9.90. The number of ether oxygens (including phenoxy) is 1. The molecule has 7 nitrogen and oxygen atoms in total. The molecule has 1 aromatic carbocycles. The van der Waals surface area contributed by atoms with Gasteiger partial charge in [0.15, 0.2) is 11.4 Å². The number of benzene rings is 1. The Morgan fingerprint density at radius 2 is 2.05 bits per heavy atom. The Morgan fingerprint density at radius 3 is 2.55 bits per heavy atom. The van der Waals surface area contributed by atoms with Crippen LogP contribution in [-0.2, 0) is 9.53 Å². The van der Waals surface area contributed by atoms with Crippen molar-refractivity contribution in [2.45, 2.75) is 25.5 Å². The molecule has 0 saturated heterocycles. The summed E-state index contributed by atoms with van der Waals surface area (Å²) in [7, 11) is 0. The number of carbonyl (C=O) groups excluding carboxylic acids is 2. The van der Waals surface area contributed by atoms with E-state index >= 15 is 0 Å². The van der Waals surface area contributed by atoms with Crippen LogP contribution in [0.4, 0.5) is 0 Å². The molecule has 0 bridgehead atoms. The zero-order chi connectivity index (χ0) is 15.2. The maximum Gasteiger partial charge on any atom is 0.338 e. The van der Waals surface area contributed by atoms with Gasteiger partial charge in [-0.1, -0.05) is 35.4 Å². The van der Waals surface area contributed by atoms with Crippen LogP contribution in [0.2, 0.25) is 0 Å². The van der Waals surface area contributed by atoms with Crippen LogP contribution in [0, 0.1) is 0 Å². The summed E-state index contributed by atoms with van der Waals surface area (Å²) in [6, 6.07) is 6.38. The zero-order valence-electron chi connectivity index (χ0n) is 11.2. The highest BCUT2D eigenvalue weighted by Gasteiger charge is 2.44. The first-order chi connectivity index (χ1) is 9.45. The Hall–Kier alpha value is -2.37. The Bertz CT molecular complexity index is 536. The van der Waals surface area contributed by atoms with Gasteiger partial charge in [-0.2, -0.15) is 0 Å². The number of hydrogen-bond donors (Lipinski definition) is 1. The minimum absolute atomic E-state index is 0.0392. The number of ketones is 1. The number of hydrogen-bond acceptors (Lipinski definition) is 5. The minimum Gasteiger partial charge on any atom is -0.464 e. The molecule has 0 radical (unpaired) electrons. The zero-order valence-corrected chi connectivity index (χ0v) is 11.2. The summed E-state index contributed by atoms with van der Waals surface area (Å²) in [4.78, 5) is 26.5. The molecule has 0 saturated carbocycles. The lowest BCUT2D eigenvalue weighted by Gasteiger charge is -2.26. The standard InChI is InChI=1S/C13H15N3O4/c1-3-20-12(18)13(2,19)11(15-16-14)10(17)9-7-5-4-6-8-9/h4-8,11,19H,3H2,1-2H3/t11-,13+/m0/s1. The molecule has 0 unspecified atom stereocenters. The quantitative estimate of drug-likeness (QED) is 0.281. The molecule has 1 rings (SSSR count). The molecule has 0 amide bonds. The smallest absolute Gasteiger partial charge is 0.338 e. The van der Waals surface area contributed by atoms with Crippen molar-refractivity contribution in [1.82, 2.24) is 0 Å². The molecule has 0 aliphatic heterocycles. The predicted molar refractivity (Wildman–Crippen MR) is 71.0 cm³/mol. The molecule has 0 aliphatic carbocycles. The van der Waals surface area contributed by atoms with E-state index in [0.717, 1.165) is 6.92 Å². The van der Waals surface area contributed by atoms with E-state index in [1.807, 2.05) is 0 Å². The molecule has 0 heterocycles. The Kier molecular flexibility index (Phi) is 5.25. The van der Waals surface area contributed by atoms with Crippen LogP contribution in [0.15, 0.2) is 35.4 Å². The van der Waals surface area contributed by atoms with Gasteiger partial charge in [-0.3, -0.25) is 4.79 Å². The largest absolute Gasteiger partial charge is 0.464 e. The molecule has 0 aliphatic rings. The maximum atomic E-state index is 12.3. The van der Waals surface area contributed by atoms with Crippen LogP contribution in [0.5, 0.6) is 0 Å². The first kappa shape index (κ1) is 15.7. The van der Waals surface area contributed by atoms with Crippen LogP contribution in [0.1, 0.15) is 24.2 Å². The number of nitrogens with zero attached hydrogens (tertiary/aromatic N) is 3. The predicted octanol–water partition coefficient (Wildman–Crippen LogP) is 1.86. The van der Waals surface area contributed by atoms with Crippen molar-refractivity contribution < 1.29 is 19.4 Å². The first-order valence-electron chi connectivity index (χ1n) is 5.98. The van der Waals surface area contributed by atoms with E-state index in [1.165, 1.54) is 12.1 Å². The van der Waals surface area contributed by atoms with E-state index in [0.29, 0.717) is 0 Å². The summed E-state index contributed by atoms with van der Waals surface area (Å²) in [5.74, 6) is -1.66. The highest BCUT2D eigenvalue weighted by atomic mass is 16.5. The van der Waals surface area contributed by atoms with Crippen molar-refractivity contribution in [3.63, 3.8) is 0 Å². The van der Waals surface area contributed by atoms with E-state index in [2.05, 4.69) is 10.0 Å². The summed E-state index contributed by atoms with van der Waals surface area (Å²) in [5.41, 5.74) is 6.55. The van der Waals surface area contributed by atoms with Gasteiger partial charge in [0, 0.05) is 10.5 Å². The fraction of sp³-hybridized carbons (Fsp3) is 0.385. The van der Waals surface area contributed by atoms with Gasteiger partial charge in [0.05, 0.1) is 6.61 Å². The molecule has 7 heteroatoms. The van der Waals surface area contributed by atoms with E-state index in [-0.39, 0.29) is 12.2 Å². The fourth-order valence-electron chi connectivity index (χ4n) is 1.62. The van der Waals surface area contributed by atoms with Gasteiger partial charge >= 0.3 is 5.97 Å². The van der Waals surface area contributed by atoms with Gasteiger partial charge in [0.2, 0.25) is 0 Å². The molecule has 106 valence electrons. The molecule has 20 heavy (non-hydrogen) atoms. The van der Waals surface area contributed by atoms with E-state index in [9.17, 15) is 14.7 Å². The van der Waals surface area contributed by atoms with Gasteiger partial charge < -0.3 is 9.84 Å². The Balaban J connectivity index is 3.15. The number of esters is 1. The molecular weight excluding hydrogens is 262 g/mol.